The van der Waals surface area contributed by atoms with Gasteiger partial charge in [0.15, 0.2) is 0 Å². The summed E-state index contributed by atoms with van der Waals surface area (Å²) in [4.78, 5) is 28.6. The molecule has 1 aromatic heterocycles. The summed E-state index contributed by atoms with van der Waals surface area (Å²) in [5.74, 6) is 3.02. The molecular weight excluding hydrogens is 418 g/mol. The van der Waals surface area contributed by atoms with E-state index < -0.39 is 12.1 Å². The molecule has 0 aliphatic heterocycles. The van der Waals surface area contributed by atoms with E-state index in [1.807, 2.05) is 30.3 Å². The van der Waals surface area contributed by atoms with Crippen molar-refractivity contribution in [2.24, 2.45) is 0 Å². The maximum atomic E-state index is 13.3. The Morgan fingerprint density at radius 3 is 2.71 bits per heavy atom. The zero-order valence-corrected chi connectivity index (χ0v) is 17.4. The van der Waals surface area contributed by atoms with E-state index in [4.69, 9.17) is 23.1 Å². The van der Waals surface area contributed by atoms with Gasteiger partial charge in [-0.1, -0.05) is 29.8 Å². The Balaban J connectivity index is 1.99. The van der Waals surface area contributed by atoms with Crippen LogP contribution in [0.1, 0.15) is 24.7 Å². The number of hydrogen-bond donors (Lipinski definition) is 4. The Morgan fingerprint density at radius 1 is 1.23 bits per heavy atom. The van der Waals surface area contributed by atoms with E-state index in [1.54, 1.807) is 18.2 Å². The molecule has 3 rings (SSSR count). The number of fused-ring (bicyclic) bond motifs is 1. The number of nitrogens with one attached hydrogen (secondary N) is 3. The number of aromatic nitrogens is 2. The lowest BCUT2D eigenvalue weighted by atomic mass is 10.1. The van der Waals surface area contributed by atoms with Crippen LogP contribution in [0.2, 0.25) is 5.02 Å². The molecule has 0 saturated carbocycles. The maximum Gasteiger partial charge on any atom is 0.404 e. The first-order valence-corrected chi connectivity index (χ1v) is 10.1. The molecule has 4 N–H and O–H groups in total. The van der Waals surface area contributed by atoms with Crippen LogP contribution in [0.15, 0.2) is 53.3 Å². The van der Waals surface area contributed by atoms with Crippen LogP contribution < -0.4 is 21.6 Å². The first kappa shape index (κ1) is 22.2. The summed E-state index contributed by atoms with van der Waals surface area (Å²) in [6.45, 7) is 0.766. The van der Waals surface area contributed by atoms with E-state index >= 15 is 0 Å². The number of rotatable bonds is 9. The summed E-state index contributed by atoms with van der Waals surface area (Å²) in [5.41, 5.74) is 4.01. The fourth-order valence-electron chi connectivity index (χ4n) is 3.09. The zero-order valence-electron chi connectivity index (χ0n) is 16.6. The predicted octanol–water partition coefficient (Wildman–Crippen LogP) is 3.24. The van der Waals surface area contributed by atoms with Crippen molar-refractivity contribution in [2.45, 2.75) is 18.9 Å². The number of anilines is 1. The van der Waals surface area contributed by atoms with E-state index in [-0.39, 0.29) is 12.0 Å². The third kappa shape index (κ3) is 5.75. The standard InChI is InChI=1S/C22H22ClN5O3/c1-2-7-18(24-12-6-13-25-22(30)31)20-26-19-14-15(23)10-11-17(19)21(29)28(20)27-16-8-4-3-5-9-16/h1,3-5,8-11,14,18,24-25,27H,6-7,12-13H2,(H,30,31). The fourth-order valence-corrected chi connectivity index (χ4v) is 3.26. The molecule has 1 atom stereocenters. The molecule has 3 aromatic rings. The van der Waals surface area contributed by atoms with Crippen LogP contribution in [0.25, 0.3) is 10.9 Å². The summed E-state index contributed by atoms with van der Waals surface area (Å²) in [7, 11) is 0. The van der Waals surface area contributed by atoms with Crippen molar-refractivity contribution in [2.75, 3.05) is 18.5 Å². The average Bonchev–Trinajstić information content (AvgIpc) is 2.75. The minimum atomic E-state index is -1.07. The third-order valence-corrected chi connectivity index (χ3v) is 4.76. The molecule has 0 bridgehead atoms. The highest BCUT2D eigenvalue weighted by atomic mass is 35.5. The molecule has 0 saturated heterocycles. The van der Waals surface area contributed by atoms with Crippen molar-refractivity contribution in [3.63, 3.8) is 0 Å². The molecule has 0 radical (unpaired) electrons. The second-order valence-electron chi connectivity index (χ2n) is 6.75. The van der Waals surface area contributed by atoms with Crippen molar-refractivity contribution in [3.8, 4) is 12.3 Å². The fraction of sp³-hybridized carbons (Fsp3) is 0.227. The van der Waals surface area contributed by atoms with Gasteiger partial charge in [-0.25, -0.2) is 14.5 Å². The Bertz CT molecular complexity index is 1160. The Kier molecular flexibility index (Phi) is 7.49. The van der Waals surface area contributed by atoms with E-state index in [1.165, 1.54) is 4.68 Å². The molecule has 1 unspecified atom stereocenters. The van der Waals surface area contributed by atoms with Gasteiger partial charge < -0.3 is 15.7 Å². The lowest BCUT2D eigenvalue weighted by Crippen LogP contribution is -2.36. The zero-order chi connectivity index (χ0) is 22.2. The first-order chi connectivity index (χ1) is 15.0. The van der Waals surface area contributed by atoms with Crippen LogP contribution in [0, 0.1) is 12.3 Å². The second kappa shape index (κ2) is 10.5. The van der Waals surface area contributed by atoms with Crippen molar-refractivity contribution >= 4 is 34.3 Å². The summed E-state index contributed by atoms with van der Waals surface area (Å²) in [6, 6.07) is 13.7. The molecule has 2 aromatic carbocycles. The normalized spacial score (nSPS) is 11.6. The molecule has 1 heterocycles. The highest BCUT2D eigenvalue weighted by Crippen LogP contribution is 2.20. The number of hydrogen-bond acceptors (Lipinski definition) is 5. The Morgan fingerprint density at radius 2 is 2.00 bits per heavy atom. The smallest absolute Gasteiger partial charge is 0.404 e. The van der Waals surface area contributed by atoms with Gasteiger partial charge in [0.25, 0.3) is 5.56 Å². The molecule has 160 valence electrons. The van der Waals surface area contributed by atoms with Crippen LogP contribution in [0.3, 0.4) is 0 Å². The average molecular weight is 440 g/mol. The van der Waals surface area contributed by atoms with Crippen LogP contribution in [0.5, 0.6) is 0 Å². The first-order valence-electron chi connectivity index (χ1n) is 9.67. The number of carbonyl (C=O) groups is 1. The van der Waals surface area contributed by atoms with Gasteiger partial charge in [-0.05, 0) is 43.3 Å². The monoisotopic (exact) mass is 439 g/mol. The minimum absolute atomic E-state index is 0.279. The summed E-state index contributed by atoms with van der Waals surface area (Å²) < 4.78 is 1.38. The summed E-state index contributed by atoms with van der Waals surface area (Å²) in [6.07, 6.45) is 5.33. The van der Waals surface area contributed by atoms with E-state index in [0.29, 0.717) is 46.9 Å². The molecule has 0 aliphatic rings. The van der Waals surface area contributed by atoms with Gasteiger partial charge in [0.2, 0.25) is 0 Å². The number of terminal acetylenes is 1. The SMILES string of the molecule is C#CCC(NCCCNC(=O)O)c1nc2cc(Cl)ccc2c(=O)n1Nc1ccccc1. The molecular formula is C22H22ClN5O3. The second-order valence-corrected chi connectivity index (χ2v) is 7.19. The van der Waals surface area contributed by atoms with Crippen LogP contribution in [-0.2, 0) is 0 Å². The number of carboxylic acid groups (broad SMARTS) is 1. The quantitative estimate of drug-likeness (QED) is 0.301. The van der Waals surface area contributed by atoms with Gasteiger partial charge in [-0.15, -0.1) is 12.3 Å². The van der Waals surface area contributed by atoms with Crippen LogP contribution >= 0.6 is 11.6 Å². The lowest BCUT2D eigenvalue weighted by Gasteiger charge is -2.22. The third-order valence-electron chi connectivity index (χ3n) is 4.53. The molecule has 1 amide bonds. The van der Waals surface area contributed by atoms with Crippen molar-refractivity contribution in [3.05, 3.63) is 69.7 Å². The van der Waals surface area contributed by atoms with Gasteiger partial charge >= 0.3 is 6.09 Å². The van der Waals surface area contributed by atoms with E-state index in [0.717, 1.165) is 0 Å². The number of benzene rings is 2. The van der Waals surface area contributed by atoms with Crippen molar-refractivity contribution < 1.29 is 9.90 Å². The van der Waals surface area contributed by atoms with Crippen molar-refractivity contribution in [1.82, 2.24) is 20.3 Å². The van der Waals surface area contributed by atoms with Crippen molar-refractivity contribution in [1.29, 1.82) is 0 Å². The molecule has 31 heavy (non-hydrogen) atoms. The van der Waals surface area contributed by atoms with Crippen LogP contribution in [0.4, 0.5) is 10.5 Å². The number of nitrogens with zero attached hydrogens (tertiary/aromatic N) is 2. The maximum absolute atomic E-state index is 13.3. The van der Waals surface area contributed by atoms with E-state index in [9.17, 15) is 9.59 Å². The number of halogens is 1. The van der Waals surface area contributed by atoms with E-state index in [2.05, 4.69) is 27.0 Å². The highest BCUT2D eigenvalue weighted by molar-refractivity contribution is 6.31. The van der Waals surface area contributed by atoms with Crippen LogP contribution in [-0.4, -0.2) is 33.9 Å². The largest absolute Gasteiger partial charge is 0.465 e. The lowest BCUT2D eigenvalue weighted by molar-refractivity contribution is 0.194. The van der Waals surface area contributed by atoms with Gasteiger partial charge in [-0.3, -0.25) is 10.2 Å². The Hall–Kier alpha value is -3.54. The topological polar surface area (TPSA) is 108 Å². The highest BCUT2D eigenvalue weighted by Gasteiger charge is 2.20. The number of para-hydroxylation sites is 1. The number of amides is 1. The minimum Gasteiger partial charge on any atom is -0.465 e. The van der Waals surface area contributed by atoms with Gasteiger partial charge in [0.1, 0.15) is 5.82 Å². The molecule has 0 aliphatic carbocycles. The molecule has 9 heteroatoms. The Labute approximate surface area is 184 Å². The molecule has 0 spiro atoms. The predicted molar refractivity (Wildman–Crippen MR) is 121 cm³/mol. The summed E-state index contributed by atoms with van der Waals surface area (Å²) >= 11 is 6.11. The van der Waals surface area contributed by atoms with Gasteiger partial charge in [0.05, 0.1) is 22.6 Å². The molecule has 0 fully saturated rings. The van der Waals surface area contributed by atoms with Gasteiger partial charge in [-0.2, -0.15) is 0 Å². The van der Waals surface area contributed by atoms with Gasteiger partial charge in [0, 0.05) is 18.0 Å². The summed E-state index contributed by atoms with van der Waals surface area (Å²) in [5, 5.41) is 15.2. The molecule has 8 nitrogen and oxygen atoms in total.